The lowest BCUT2D eigenvalue weighted by atomic mass is 10.1. The monoisotopic (exact) mass is 413 g/mol. The molecule has 2 aromatic carbocycles. The van der Waals surface area contributed by atoms with Crippen LogP contribution >= 0.6 is 23.1 Å². The average molecular weight is 414 g/mol. The highest BCUT2D eigenvalue weighted by Gasteiger charge is 2.11. The lowest BCUT2D eigenvalue weighted by molar-refractivity contribution is -0.120. The minimum absolute atomic E-state index is 0.0102. The predicted octanol–water partition coefficient (Wildman–Crippen LogP) is 4.49. The molecule has 1 aromatic heterocycles. The zero-order valence-corrected chi connectivity index (χ0v) is 17.4. The van der Waals surface area contributed by atoms with Crippen molar-refractivity contribution in [2.45, 2.75) is 30.5 Å². The van der Waals surface area contributed by atoms with Gasteiger partial charge in [-0.1, -0.05) is 61.5 Å². The molecule has 0 aliphatic rings. The molecule has 3 rings (SSSR count). The van der Waals surface area contributed by atoms with Crippen LogP contribution in [-0.4, -0.2) is 29.1 Å². The summed E-state index contributed by atoms with van der Waals surface area (Å²) < 4.78 is 0.796. The quantitative estimate of drug-likeness (QED) is 0.401. The summed E-state index contributed by atoms with van der Waals surface area (Å²) in [6.45, 7) is 2.79. The minimum atomic E-state index is -0.0737. The van der Waals surface area contributed by atoms with E-state index < -0.39 is 0 Å². The van der Waals surface area contributed by atoms with Gasteiger partial charge in [0.15, 0.2) is 4.34 Å². The fourth-order valence-corrected chi connectivity index (χ4v) is 4.36. The number of hydrogen-bond donors (Lipinski definition) is 2. The van der Waals surface area contributed by atoms with Gasteiger partial charge in [-0.05, 0) is 17.9 Å². The van der Waals surface area contributed by atoms with Crippen LogP contribution in [0.2, 0.25) is 0 Å². The van der Waals surface area contributed by atoms with Crippen LogP contribution in [0.25, 0.3) is 10.8 Å². The number of carbonyl (C=O) groups excluding carboxylic acids is 2. The van der Waals surface area contributed by atoms with Gasteiger partial charge in [-0.25, -0.2) is 4.98 Å². The molecular weight excluding hydrogens is 390 g/mol. The SMILES string of the molecule is CCCCNC(=O)Cc1csc(SCC(=O)Nc2cccc3ccccc23)n1. The first kappa shape index (κ1) is 20.4. The second-order valence-electron chi connectivity index (χ2n) is 6.35. The molecule has 146 valence electrons. The molecule has 1 heterocycles. The molecule has 0 aliphatic carbocycles. The van der Waals surface area contributed by atoms with Crippen molar-refractivity contribution in [3.8, 4) is 0 Å². The summed E-state index contributed by atoms with van der Waals surface area (Å²) in [6, 6.07) is 13.8. The van der Waals surface area contributed by atoms with Crippen LogP contribution in [0.3, 0.4) is 0 Å². The van der Waals surface area contributed by atoms with E-state index in [1.165, 1.54) is 23.1 Å². The molecule has 5 nitrogen and oxygen atoms in total. The smallest absolute Gasteiger partial charge is 0.234 e. The molecule has 0 saturated carbocycles. The molecule has 0 radical (unpaired) electrons. The van der Waals surface area contributed by atoms with Crippen LogP contribution in [0.4, 0.5) is 5.69 Å². The number of nitrogens with zero attached hydrogens (tertiary/aromatic N) is 1. The topological polar surface area (TPSA) is 71.1 Å². The number of hydrogen-bond acceptors (Lipinski definition) is 5. The fraction of sp³-hybridized carbons (Fsp3) is 0.286. The van der Waals surface area contributed by atoms with Gasteiger partial charge >= 0.3 is 0 Å². The number of carbonyl (C=O) groups is 2. The van der Waals surface area contributed by atoms with E-state index in [9.17, 15) is 9.59 Å². The van der Waals surface area contributed by atoms with E-state index >= 15 is 0 Å². The summed E-state index contributed by atoms with van der Waals surface area (Å²) >= 11 is 2.85. The van der Waals surface area contributed by atoms with Gasteiger partial charge in [-0.3, -0.25) is 9.59 Å². The summed E-state index contributed by atoms with van der Waals surface area (Å²) in [5.41, 5.74) is 1.56. The summed E-state index contributed by atoms with van der Waals surface area (Å²) in [5, 5.41) is 9.86. The van der Waals surface area contributed by atoms with Crippen molar-refractivity contribution in [2.75, 3.05) is 17.6 Å². The van der Waals surface area contributed by atoms with Crippen molar-refractivity contribution in [3.05, 3.63) is 53.5 Å². The summed E-state index contributed by atoms with van der Waals surface area (Å²) in [4.78, 5) is 28.6. The highest BCUT2D eigenvalue weighted by atomic mass is 32.2. The zero-order valence-electron chi connectivity index (χ0n) is 15.7. The Morgan fingerprint density at radius 3 is 2.79 bits per heavy atom. The van der Waals surface area contributed by atoms with Gasteiger partial charge in [0.2, 0.25) is 11.8 Å². The van der Waals surface area contributed by atoms with E-state index in [1.807, 2.05) is 47.8 Å². The first-order chi connectivity index (χ1) is 13.7. The van der Waals surface area contributed by atoms with Crippen molar-refractivity contribution >= 4 is 51.4 Å². The fourth-order valence-electron chi connectivity index (χ4n) is 2.72. The first-order valence-electron chi connectivity index (χ1n) is 9.27. The normalized spacial score (nSPS) is 10.8. The highest BCUT2D eigenvalue weighted by molar-refractivity contribution is 8.01. The van der Waals surface area contributed by atoms with Crippen LogP contribution in [-0.2, 0) is 16.0 Å². The van der Waals surface area contributed by atoms with Crippen LogP contribution in [0.5, 0.6) is 0 Å². The third-order valence-electron chi connectivity index (χ3n) is 4.12. The van der Waals surface area contributed by atoms with Gasteiger partial charge < -0.3 is 10.6 Å². The van der Waals surface area contributed by atoms with E-state index in [2.05, 4.69) is 22.5 Å². The second-order valence-corrected chi connectivity index (χ2v) is 8.43. The van der Waals surface area contributed by atoms with Gasteiger partial charge in [0.25, 0.3) is 0 Å². The number of benzene rings is 2. The Balaban J connectivity index is 1.50. The summed E-state index contributed by atoms with van der Waals surface area (Å²) in [7, 11) is 0. The van der Waals surface area contributed by atoms with Gasteiger partial charge in [-0.2, -0.15) is 0 Å². The molecule has 2 N–H and O–H groups in total. The van der Waals surface area contributed by atoms with Gasteiger partial charge in [0, 0.05) is 23.0 Å². The zero-order chi connectivity index (χ0) is 19.8. The molecule has 0 atom stereocenters. The van der Waals surface area contributed by atoms with Gasteiger partial charge in [-0.15, -0.1) is 11.3 Å². The van der Waals surface area contributed by atoms with E-state index in [0.717, 1.165) is 39.3 Å². The number of thiazole rings is 1. The largest absolute Gasteiger partial charge is 0.356 e. The van der Waals surface area contributed by atoms with Crippen molar-refractivity contribution < 1.29 is 9.59 Å². The Morgan fingerprint density at radius 2 is 1.93 bits per heavy atom. The van der Waals surface area contributed by atoms with Crippen molar-refractivity contribution in [2.24, 2.45) is 0 Å². The number of anilines is 1. The number of amides is 2. The van der Waals surface area contributed by atoms with Crippen molar-refractivity contribution in [1.29, 1.82) is 0 Å². The maximum Gasteiger partial charge on any atom is 0.234 e. The van der Waals surface area contributed by atoms with Crippen LogP contribution in [0.15, 0.2) is 52.2 Å². The Bertz CT molecular complexity index is 950. The third-order valence-corrected chi connectivity index (χ3v) is 6.19. The number of aromatic nitrogens is 1. The van der Waals surface area contributed by atoms with Crippen LogP contribution in [0.1, 0.15) is 25.5 Å². The first-order valence-corrected chi connectivity index (χ1v) is 11.1. The Labute approximate surface area is 172 Å². The van der Waals surface area contributed by atoms with Crippen LogP contribution in [0, 0.1) is 0 Å². The third kappa shape index (κ3) is 5.81. The standard InChI is InChI=1S/C21H23N3O2S2/c1-2-3-11-22-19(25)12-16-13-27-21(23-16)28-14-20(26)24-18-10-6-8-15-7-4-5-9-17(15)18/h4-10,13H,2-3,11-12,14H2,1H3,(H,22,25)(H,24,26). The number of nitrogens with one attached hydrogen (secondary N) is 2. The number of rotatable bonds is 9. The minimum Gasteiger partial charge on any atom is -0.356 e. The van der Waals surface area contributed by atoms with Crippen LogP contribution < -0.4 is 10.6 Å². The lowest BCUT2D eigenvalue weighted by Gasteiger charge is -2.08. The summed E-state index contributed by atoms with van der Waals surface area (Å²) in [6.07, 6.45) is 2.32. The highest BCUT2D eigenvalue weighted by Crippen LogP contribution is 2.25. The Hall–Kier alpha value is -2.38. The molecule has 0 aliphatic heterocycles. The number of unbranched alkanes of at least 4 members (excludes halogenated alkanes) is 1. The molecule has 7 heteroatoms. The average Bonchev–Trinajstić information content (AvgIpc) is 3.14. The molecule has 3 aromatic rings. The van der Waals surface area contributed by atoms with Crippen molar-refractivity contribution in [3.63, 3.8) is 0 Å². The number of fused-ring (bicyclic) bond motifs is 1. The number of thioether (sulfide) groups is 1. The Morgan fingerprint density at radius 1 is 1.11 bits per heavy atom. The predicted molar refractivity (Wildman–Crippen MR) is 117 cm³/mol. The van der Waals surface area contributed by atoms with E-state index in [0.29, 0.717) is 6.54 Å². The Kier molecular flexibility index (Phi) is 7.45. The molecular formula is C21H23N3O2S2. The van der Waals surface area contributed by atoms with E-state index in [-0.39, 0.29) is 24.0 Å². The maximum atomic E-state index is 12.3. The lowest BCUT2D eigenvalue weighted by Crippen LogP contribution is -2.26. The summed E-state index contributed by atoms with van der Waals surface area (Å²) in [5.74, 6) is 0.193. The molecule has 0 bridgehead atoms. The van der Waals surface area contributed by atoms with E-state index in [1.54, 1.807) is 0 Å². The maximum absolute atomic E-state index is 12.3. The molecule has 0 unspecified atom stereocenters. The second kappa shape index (κ2) is 10.2. The van der Waals surface area contributed by atoms with E-state index in [4.69, 9.17) is 0 Å². The molecule has 0 fully saturated rings. The molecule has 2 amide bonds. The molecule has 0 saturated heterocycles. The van der Waals surface area contributed by atoms with Crippen molar-refractivity contribution in [1.82, 2.24) is 10.3 Å². The molecule has 28 heavy (non-hydrogen) atoms. The molecule has 0 spiro atoms. The van der Waals surface area contributed by atoms with Gasteiger partial charge in [0.05, 0.1) is 17.9 Å². The van der Waals surface area contributed by atoms with Gasteiger partial charge in [0.1, 0.15) is 0 Å².